The lowest BCUT2D eigenvalue weighted by atomic mass is 10.1. The summed E-state index contributed by atoms with van der Waals surface area (Å²) in [6, 6.07) is 0.397. The van der Waals surface area contributed by atoms with Crippen molar-refractivity contribution >= 4 is 23.1 Å². The normalized spacial score (nSPS) is 32.4. The standard InChI is InChI=1S/C10H16N2S2/c1-6-5-13-10(12-6)14-9-4-3-8(11)7(9)2/h5,7-9H,3-4,11H2,1-2H3. The molecule has 4 heteroatoms. The van der Waals surface area contributed by atoms with Gasteiger partial charge in [-0.2, -0.15) is 0 Å². The molecule has 14 heavy (non-hydrogen) atoms. The summed E-state index contributed by atoms with van der Waals surface area (Å²) in [7, 11) is 0. The Morgan fingerprint density at radius 3 is 2.86 bits per heavy atom. The minimum atomic E-state index is 0.397. The van der Waals surface area contributed by atoms with E-state index in [1.165, 1.54) is 17.2 Å². The summed E-state index contributed by atoms with van der Waals surface area (Å²) in [5, 5.41) is 2.79. The molecular formula is C10H16N2S2. The highest BCUT2D eigenvalue weighted by molar-refractivity contribution is 8.01. The first-order valence-corrected chi connectivity index (χ1v) is 6.77. The molecule has 3 atom stereocenters. The van der Waals surface area contributed by atoms with E-state index in [0.29, 0.717) is 17.2 Å². The van der Waals surface area contributed by atoms with Crippen LogP contribution < -0.4 is 5.73 Å². The molecule has 1 aromatic rings. The fraction of sp³-hybridized carbons (Fsp3) is 0.700. The van der Waals surface area contributed by atoms with Gasteiger partial charge in [-0.25, -0.2) is 4.98 Å². The Kier molecular flexibility index (Phi) is 3.14. The molecule has 2 rings (SSSR count). The van der Waals surface area contributed by atoms with E-state index in [4.69, 9.17) is 5.73 Å². The Morgan fingerprint density at radius 1 is 1.57 bits per heavy atom. The van der Waals surface area contributed by atoms with Crippen molar-refractivity contribution in [2.45, 2.75) is 42.3 Å². The van der Waals surface area contributed by atoms with Gasteiger partial charge in [-0.3, -0.25) is 0 Å². The zero-order valence-corrected chi connectivity index (χ0v) is 10.2. The topological polar surface area (TPSA) is 38.9 Å². The van der Waals surface area contributed by atoms with Crippen molar-refractivity contribution in [3.05, 3.63) is 11.1 Å². The van der Waals surface area contributed by atoms with Gasteiger partial charge in [0.1, 0.15) is 4.34 Å². The van der Waals surface area contributed by atoms with Crippen LogP contribution in [-0.4, -0.2) is 16.3 Å². The predicted octanol–water partition coefficient (Wildman–Crippen LogP) is 2.67. The highest BCUT2D eigenvalue weighted by Gasteiger charge is 2.31. The van der Waals surface area contributed by atoms with E-state index in [0.717, 1.165) is 5.69 Å². The molecule has 0 bridgehead atoms. The lowest BCUT2D eigenvalue weighted by Crippen LogP contribution is -2.25. The van der Waals surface area contributed by atoms with Gasteiger partial charge in [0.2, 0.25) is 0 Å². The van der Waals surface area contributed by atoms with Crippen LogP contribution in [0.15, 0.2) is 9.72 Å². The van der Waals surface area contributed by atoms with E-state index < -0.39 is 0 Å². The highest BCUT2D eigenvalue weighted by Crippen LogP contribution is 2.39. The maximum absolute atomic E-state index is 6.00. The van der Waals surface area contributed by atoms with E-state index in [1.807, 2.05) is 18.7 Å². The molecule has 0 amide bonds. The van der Waals surface area contributed by atoms with Gasteiger partial charge in [-0.05, 0) is 25.7 Å². The molecule has 1 aliphatic carbocycles. The fourth-order valence-corrected chi connectivity index (χ4v) is 4.22. The summed E-state index contributed by atoms with van der Waals surface area (Å²) in [6.45, 7) is 4.31. The lowest BCUT2D eigenvalue weighted by molar-refractivity contribution is 0.535. The predicted molar refractivity (Wildman–Crippen MR) is 62.9 cm³/mol. The summed E-state index contributed by atoms with van der Waals surface area (Å²) in [6.07, 6.45) is 2.41. The first-order valence-electron chi connectivity index (χ1n) is 5.01. The Hall–Kier alpha value is -0.0600. The number of nitrogens with zero attached hydrogens (tertiary/aromatic N) is 1. The maximum atomic E-state index is 6.00. The quantitative estimate of drug-likeness (QED) is 0.846. The molecule has 1 heterocycles. The van der Waals surface area contributed by atoms with Crippen LogP contribution in [0.25, 0.3) is 0 Å². The third kappa shape index (κ3) is 2.12. The van der Waals surface area contributed by atoms with Crippen LogP contribution in [0, 0.1) is 12.8 Å². The minimum absolute atomic E-state index is 0.397. The number of thioether (sulfide) groups is 1. The summed E-state index contributed by atoms with van der Waals surface area (Å²) in [5.74, 6) is 0.629. The molecular weight excluding hydrogens is 212 g/mol. The van der Waals surface area contributed by atoms with Crippen molar-refractivity contribution in [2.75, 3.05) is 0 Å². The lowest BCUT2D eigenvalue weighted by Gasteiger charge is -2.15. The third-order valence-corrected chi connectivity index (χ3v) is 5.49. The number of hydrogen-bond acceptors (Lipinski definition) is 4. The second kappa shape index (κ2) is 4.21. The van der Waals surface area contributed by atoms with Gasteiger partial charge in [0.25, 0.3) is 0 Å². The summed E-state index contributed by atoms with van der Waals surface area (Å²) in [4.78, 5) is 4.47. The molecule has 0 aliphatic heterocycles. The Labute approximate surface area is 93.3 Å². The number of thiazole rings is 1. The second-order valence-corrected chi connectivity index (χ2v) is 6.36. The van der Waals surface area contributed by atoms with Gasteiger partial charge in [0.05, 0.1) is 0 Å². The van der Waals surface area contributed by atoms with Crippen LogP contribution in [0.5, 0.6) is 0 Å². The highest BCUT2D eigenvalue weighted by atomic mass is 32.2. The molecule has 0 spiro atoms. The van der Waals surface area contributed by atoms with Gasteiger partial charge in [0, 0.05) is 22.4 Å². The molecule has 78 valence electrons. The number of rotatable bonds is 2. The van der Waals surface area contributed by atoms with Gasteiger partial charge < -0.3 is 5.73 Å². The van der Waals surface area contributed by atoms with Gasteiger partial charge in [0.15, 0.2) is 0 Å². The average molecular weight is 228 g/mol. The Balaban J connectivity index is 1.98. The SMILES string of the molecule is Cc1csc(SC2CCC(N)C2C)n1. The number of hydrogen-bond donors (Lipinski definition) is 1. The molecule has 0 saturated heterocycles. The van der Waals surface area contributed by atoms with E-state index in [9.17, 15) is 0 Å². The third-order valence-electron chi connectivity index (χ3n) is 2.90. The average Bonchev–Trinajstić information content (AvgIpc) is 2.67. The molecule has 2 N–H and O–H groups in total. The van der Waals surface area contributed by atoms with E-state index in [1.54, 1.807) is 11.3 Å². The van der Waals surface area contributed by atoms with Crippen molar-refractivity contribution in [2.24, 2.45) is 11.7 Å². The molecule has 1 aromatic heterocycles. The van der Waals surface area contributed by atoms with Crippen LogP contribution in [0.2, 0.25) is 0 Å². The smallest absolute Gasteiger partial charge is 0.150 e. The van der Waals surface area contributed by atoms with Crippen LogP contribution in [0.3, 0.4) is 0 Å². The largest absolute Gasteiger partial charge is 0.327 e. The summed E-state index contributed by atoms with van der Waals surface area (Å²) >= 11 is 3.66. The minimum Gasteiger partial charge on any atom is -0.327 e. The van der Waals surface area contributed by atoms with Crippen LogP contribution in [0.4, 0.5) is 0 Å². The molecule has 2 nitrogen and oxygen atoms in total. The molecule has 0 radical (unpaired) electrons. The Bertz CT molecular complexity index is 311. The van der Waals surface area contributed by atoms with Gasteiger partial charge in [-0.15, -0.1) is 11.3 Å². The number of nitrogens with two attached hydrogens (primary N) is 1. The van der Waals surface area contributed by atoms with E-state index in [-0.39, 0.29) is 0 Å². The van der Waals surface area contributed by atoms with Gasteiger partial charge in [-0.1, -0.05) is 18.7 Å². The van der Waals surface area contributed by atoms with Crippen molar-refractivity contribution in [3.63, 3.8) is 0 Å². The second-order valence-electron chi connectivity index (χ2n) is 4.01. The molecule has 1 saturated carbocycles. The van der Waals surface area contributed by atoms with Gasteiger partial charge >= 0.3 is 0 Å². The molecule has 3 unspecified atom stereocenters. The molecule has 1 aliphatic rings. The molecule has 0 aromatic carbocycles. The number of aromatic nitrogens is 1. The van der Waals surface area contributed by atoms with E-state index >= 15 is 0 Å². The van der Waals surface area contributed by atoms with Crippen LogP contribution in [0.1, 0.15) is 25.5 Å². The van der Waals surface area contributed by atoms with Crippen molar-refractivity contribution in [1.29, 1.82) is 0 Å². The zero-order valence-electron chi connectivity index (χ0n) is 8.56. The maximum Gasteiger partial charge on any atom is 0.150 e. The fourth-order valence-electron chi connectivity index (χ4n) is 1.84. The van der Waals surface area contributed by atoms with E-state index in [2.05, 4.69) is 17.3 Å². The van der Waals surface area contributed by atoms with Crippen molar-refractivity contribution in [3.8, 4) is 0 Å². The summed E-state index contributed by atoms with van der Waals surface area (Å²) < 4.78 is 1.20. The zero-order chi connectivity index (χ0) is 10.1. The van der Waals surface area contributed by atoms with Crippen molar-refractivity contribution in [1.82, 2.24) is 4.98 Å². The number of aryl methyl sites for hydroxylation is 1. The monoisotopic (exact) mass is 228 g/mol. The molecule has 1 fully saturated rings. The van der Waals surface area contributed by atoms with Crippen molar-refractivity contribution < 1.29 is 0 Å². The Morgan fingerprint density at radius 2 is 2.36 bits per heavy atom. The van der Waals surface area contributed by atoms with Crippen LogP contribution in [-0.2, 0) is 0 Å². The summed E-state index contributed by atoms with van der Waals surface area (Å²) in [5.41, 5.74) is 7.13. The first kappa shape index (κ1) is 10.5. The van der Waals surface area contributed by atoms with Crippen LogP contribution >= 0.6 is 23.1 Å². The first-order chi connectivity index (χ1) is 6.66.